The lowest BCUT2D eigenvalue weighted by molar-refractivity contribution is 0.342. The fourth-order valence-electron chi connectivity index (χ4n) is 1.64. The van der Waals surface area contributed by atoms with Crippen molar-refractivity contribution in [1.29, 1.82) is 0 Å². The van der Waals surface area contributed by atoms with Gasteiger partial charge >= 0.3 is 0 Å². The fourth-order valence-corrected chi connectivity index (χ4v) is 4.06. The second-order valence-corrected chi connectivity index (χ2v) is 6.77. The van der Waals surface area contributed by atoms with Crippen LogP contribution in [0.1, 0.15) is 31.7 Å². The number of hydrogen-bond acceptors (Lipinski definition) is 3. The Morgan fingerprint density at radius 1 is 1.35 bits per heavy atom. The molecule has 0 aliphatic heterocycles. The molecular weight excluding hydrogens is 256 g/mol. The third kappa shape index (κ3) is 3.07. The third-order valence-corrected chi connectivity index (χ3v) is 6.15. The van der Waals surface area contributed by atoms with E-state index in [1.54, 1.807) is 18.4 Å². The Kier molecular flexibility index (Phi) is 5.12. The zero-order chi connectivity index (χ0) is 13.1. The molecule has 0 radical (unpaired) electrons. The Labute approximate surface area is 108 Å². The third-order valence-electron chi connectivity index (χ3n) is 2.90. The van der Waals surface area contributed by atoms with Crippen LogP contribution >= 0.6 is 11.3 Å². The lowest BCUT2D eigenvalue weighted by Crippen LogP contribution is -2.42. The predicted octanol–water partition coefficient (Wildman–Crippen LogP) is 2.33. The Hall–Kier alpha value is -0.430. The molecule has 0 N–H and O–H groups in total. The van der Waals surface area contributed by atoms with Gasteiger partial charge in [-0.3, -0.25) is 0 Å². The quantitative estimate of drug-likeness (QED) is 0.800. The molecule has 98 valence electrons. The van der Waals surface area contributed by atoms with Gasteiger partial charge in [0.1, 0.15) is 0 Å². The first kappa shape index (κ1) is 14.6. The van der Waals surface area contributed by atoms with Gasteiger partial charge in [-0.05, 0) is 18.4 Å². The van der Waals surface area contributed by atoms with Gasteiger partial charge in [0.05, 0.1) is 6.04 Å². The molecule has 1 atom stereocenters. The molecule has 0 aliphatic carbocycles. The highest BCUT2D eigenvalue weighted by atomic mass is 32.2. The summed E-state index contributed by atoms with van der Waals surface area (Å²) in [6.45, 7) is 6.61. The van der Waals surface area contributed by atoms with Crippen LogP contribution in [-0.2, 0) is 10.2 Å². The highest BCUT2D eigenvalue weighted by Gasteiger charge is 2.29. The second kappa shape index (κ2) is 5.95. The second-order valence-electron chi connectivity index (χ2n) is 3.80. The van der Waals surface area contributed by atoms with E-state index >= 15 is 0 Å². The summed E-state index contributed by atoms with van der Waals surface area (Å²) in [5.74, 6) is 0. The SMILES string of the molecule is CCN(CC)S(=O)(=O)N(C)C(C)c1cccs1. The summed E-state index contributed by atoms with van der Waals surface area (Å²) in [6.07, 6.45) is 0. The van der Waals surface area contributed by atoms with Crippen molar-refractivity contribution < 1.29 is 8.42 Å². The van der Waals surface area contributed by atoms with E-state index in [1.165, 1.54) is 8.61 Å². The molecule has 1 unspecified atom stereocenters. The van der Waals surface area contributed by atoms with E-state index < -0.39 is 10.2 Å². The molecule has 4 nitrogen and oxygen atoms in total. The summed E-state index contributed by atoms with van der Waals surface area (Å²) in [5.41, 5.74) is 0. The molecule has 17 heavy (non-hydrogen) atoms. The van der Waals surface area contributed by atoms with Crippen molar-refractivity contribution in [2.45, 2.75) is 26.8 Å². The normalized spacial score (nSPS) is 14.5. The van der Waals surface area contributed by atoms with Gasteiger partial charge in [-0.1, -0.05) is 19.9 Å². The molecule has 1 heterocycles. The topological polar surface area (TPSA) is 40.6 Å². The minimum atomic E-state index is -3.35. The van der Waals surface area contributed by atoms with E-state index in [1.807, 2.05) is 38.3 Å². The van der Waals surface area contributed by atoms with Gasteiger partial charge in [-0.25, -0.2) is 0 Å². The van der Waals surface area contributed by atoms with Crippen LogP contribution in [0.5, 0.6) is 0 Å². The molecular formula is C11H20N2O2S2. The fraction of sp³-hybridized carbons (Fsp3) is 0.636. The molecule has 0 bridgehead atoms. The zero-order valence-corrected chi connectivity index (χ0v) is 12.4. The van der Waals surface area contributed by atoms with Crippen LogP contribution < -0.4 is 0 Å². The molecule has 0 amide bonds. The van der Waals surface area contributed by atoms with Crippen molar-refractivity contribution in [3.05, 3.63) is 22.4 Å². The van der Waals surface area contributed by atoms with Gasteiger partial charge in [-0.2, -0.15) is 17.0 Å². The highest BCUT2D eigenvalue weighted by Crippen LogP contribution is 2.26. The van der Waals surface area contributed by atoms with Gasteiger partial charge in [0, 0.05) is 25.0 Å². The molecule has 1 aromatic rings. The Morgan fingerprint density at radius 3 is 2.35 bits per heavy atom. The predicted molar refractivity (Wildman–Crippen MR) is 72.3 cm³/mol. The van der Waals surface area contributed by atoms with Crippen LogP contribution in [0.4, 0.5) is 0 Å². The van der Waals surface area contributed by atoms with Crippen molar-refractivity contribution >= 4 is 21.5 Å². The maximum absolute atomic E-state index is 12.3. The monoisotopic (exact) mass is 276 g/mol. The minimum Gasteiger partial charge on any atom is -0.195 e. The van der Waals surface area contributed by atoms with Gasteiger partial charge < -0.3 is 0 Å². The Morgan fingerprint density at radius 2 is 1.94 bits per heavy atom. The Bertz CT molecular complexity index is 424. The van der Waals surface area contributed by atoms with Crippen LogP contribution in [0.15, 0.2) is 17.5 Å². The van der Waals surface area contributed by atoms with Crippen LogP contribution in [0.25, 0.3) is 0 Å². The maximum atomic E-state index is 12.3. The van der Waals surface area contributed by atoms with Gasteiger partial charge in [0.2, 0.25) is 0 Å². The Balaban J connectivity index is 2.92. The first-order valence-corrected chi connectivity index (χ1v) is 7.99. The largest absolute Gasteiger partial charge is 0.282 e. The zero-order valence-electron chi connectivity index (χ0n) is 10.8. The molecule has 0 aliphatic rings. The van der Waals surface area contributed by atoms with Crippen LogP contribution in [0, 0.1) is 0 Å². The van der Waals surface area contributed by atoms with Gasteiger partial charge in [0.15, 0.2) is 0 Å². The summed E-state index contributed by atoms with van der Waals surface area (Å²) < 4.78 is 27.5. The molecule has 0 fully saturated rings. The molecule has 0 saturated carbocycles. The number of hydrogen-bond donors (Lipinski definition) is 0. The first-order chi connectivity index (χ1) is 7.95. The highest BCUT2D eigenvalue weighted by molar-refractivity contribution is 7.86. The van der Waals surface area contributed by atoms with Gasteiger partial charge in [0.25, 0.3) is 10.2 Å². The average molecular weight is 276 g/mol. The van der Waals surface area contributed by atoms with Crippen molar-refractivity contribution in [2.75, 3.05) is 20.1 Å². The van der Waals surface area contributed by atoms with Crippen molar-refractivity contribution in [2.24, 2.45) is 0 Å². The molecule has 0 saturated heterocycles. The molecule has 6 heteroatoms. The van der Waals surface area contributed by atoms with Gasteiger partial charge in [-0.15, -0.1) is 11.3 Å². The van der Waals surface area contributed by atoms with Crippen molar-refractivity contribution in [3.8, 4) is 0 Å². The molecule has 0 spiro atoms. The van der Waals surface area contributed by atoms with E-state index in [0.29, 0.717) is 13.1 Å². The molecule has 1 aromatic heterocycles. The van der Waals surface area contributed by atoms with Crippen LogP contribution in [-0.4, -0.2) is 37.2 Å². The summed E-state index contributed by atoms with van der Waals surface area (Å²) >= 11 is 1.58. The number of rotatable bonds is 6. The van der Waals surface area contributed by atoms with Crippen LogP contribution in [0.3, 0.4) is 0 Å². The van der Waals surface area contributed by atoms with Crippen LogP contribution in [0.2, 0.25) is 0 Å². The minimum absolute atomic E-state index is 0.124. The number of thiophene rings is 1. The van der Waals surface area contributed by atoms with Crippen molar-refractivity contribution in [1.82, 2.24) is 8.61 Å². The summed E-state index contributed by atoms with van der Waals surface area (Å²) in [7, 11) is -1.72. The maximum Gasteiger partial charge on any atom is 0.282 e. The smallest absolute Gasteiger partial charge is 0.195 e. The van der Waals surface area contributed by atoms with E-state index in [0.717, 1.165) is 4.88 Å². The van der Waals surface area contributed by atoms with Crippen molar-refractivity contribution in [3.63, 3.8) is 0 Å². The summed E-state index contributed by atoms with van der Waals surface area (Å²) in [4.78, 5) is 1.06. The molecule has 1 rings (SSSR count). The van der Waals surface area contributed by atoms with E-state index in [2.05, 4.69) is 0 Å². The summed E-state index contributed by atoms with van der Waals surface area (Å²) in [5, 5.41) is 1.96. The lowest BCUT2D eigenvalue weighted by Gasteiger charge is -2.29. The summed E-state index contributed by atoms with van der Waals surface area (Å²) in [6, 6.07) is 3.78. The first-order valence-electron chi connectivity index (χ1n) is 5.71. The number of nitrogens with zero attached hydrogens (tertiary/aromatic N) is 2. The average Bonchev–Trinajstić information content (AvgIpc) is 2.81. The molecule has 0 aromatic carbocycles. The van der Waals surface area contributed by atoms with E-state index in [9.17, 15) is 8.42 Å². The van der Waals surface area contributed by atoms with E-state index in [-0.39, 0.29) is 6.04 Å². The standard InChI is InChI=1S/C11H20N2O2S2/c1-5-13(6-2)17(14,15)12(4)10(3)11-8-7-9-16-11/h7-10H,5-6H2,1-4H3. The lowest BCUT2D eigenvalue weighted by atomic mass is 10.3. The van der Waals surface area contributed by atoms with E-state index in [4.69, 9.17) is 0 Å².